The van der Waals surface area contributed by atoms with E-state index < -0.39 is 0 Å². The molecule has 2 aromatic carbocycles. The first-order valence-electron chi connectivity index (χ1n) is 5.25. The molecule has 0 fully saturated rings. The zero-order chi connectivity index (χ0) is 13.0. The molecule has 0 aliphatic rings. The number of hydrogen-bond acceptors (Lipinski definition) is 3. The number of nitriles is 1. The summed E-state index contributed by atoms with van der Waals surface area (Å²) < 4.78 is 18.7. The van der Waals surface area contributed by atoms with E-state index >= 15 is 0 Å². The summed E-state index contributed by atoms with van der Waals surface area (Å²) in [6, 6.07) is 13.7. The Balaban J connectivity index is 2.39. The Morgan fingerprint density at radius 3 is 2.61 bits per heavy atom. The molecule has 0 saturated heterocycles. The van der Waals surface area contributed by atoms with Crippen molar-refractivity contribution in [1.82, 2.24) is 0 Å². The smallest absolute Gasteiger partial charge is 0.137 e. The lowest BCUT2D eigenvalue weighted by molar-refractivity contribution is 0.413. The van der Waals surface area contributed by atoms with Gasteiger partial charge in [-0.05, 0) is 30.3 Å². The van der Waals surface area contributed by atoms with Crippen LogP contribution < -0.4 is 4.74 Å². The van der Waals surface area contributed by atoms with Gasteiger partial charge in [-0.3, -0.25) is 0 Å². The van der Waals surface area contributed by atoms with E-state index in [1.807, 2.05) is 0 Å². The van der Waals surface area contributed by atoms with E-state index in [1.54, 1.807) is 43.5 Å². The molecule has 0 aliphatic carbocycles. The first-order chi connectivity index (χ1) is 8.74. The molecule has 0 saturated carbocycles. The molecule has 0 bridgehead atoms. The molecule has 18 heavy (non-hydrogen) atoms. The van der Waals surface area contributed by atoms with Gasteiger partial charge in [0.1, 0.15) is 17.6 Å². The van der Waals surface area contributed by atoms with Gasteiger partial charge in [-0.25, -0.2) is 4.39 Å². The van der Waals surface area contributed by atoms with Gasteiger partial charge in [-0.15, -0.1) is 0 Å². The summed E-state index contributed by atoms with van der Waals surface area (Å²) in [6.07, 6.45) is 0. The van der Waals surface area contributed by atoms with Crippen molar-refractivity contribution >= 4 is 11.8 Å². The Bertz CT molecular complexity index is 607. The maximum atomic E-state index is 13.6. The van der Waals surface area contributed by atoms with Crippen molar-refractivity contribution in [1.29, 1.82) is 5.26 Å². The zero-order valence-corrected chi connectivity index (χ0v) is 10.5. The van der Waals surface area contributed by atoms with Crippen LogP contribution in [0.15, 0.2) is 52.3 Å². The number of nitrogens with zero attached hydrogens (tertiary/aromatic N) is 1. The molecule has 0 atom stereocenters. The molecule has 2 nitrogen and oxygen atoms in total. The average Bonchev–Trinajstić information content (AvgIpc) is 2.41. The van der Waals surface area contributed by atoms with Crippen LogP contribution in [0.3, 0.4) is 0 Å². The lowest BCUT2D eigenvalue weighted by Crippen LogP contribution is -1.87. The van der Waals surface area contributed by atoms with E-state index in [0.29, 0.717) is 21.1 Å². The summed E-state index contributed by atoms with van der Waals surface area (Å²) in [5, 5.41) is 9.03. The maximum Gasteiger partial charge on any atom is 0.137 e. The molecule has 2 aromatic rings. The third-order valence-corrected chi connectivity index (χ3v) is 3.47. The van der Waals surface area contributed by atoms with Crippen LogP contribution in [-0.4, -0.2) is 7.11 Å². The second-order valence-corrected chi connectivity index (χ2v) is 4.59. The average molecular weight is 259 g/mol. The molecule has 0 spiro atoms. The van der Waals surface area contributed by atoms with Crippen molar-refractivity contribution in [3.63, 3.8) is 0 Å². The SMILES string of the molecule is COc1ccc(C#N)c(Sc2ccccc2F)c1. The highest BCUT2D eigenvalue weighted by molar-refractivity contribution is 7.99. The maximum absolute atomic E-state index is 13.6. The summed E-state index contributed by atoms with van der Waals surface area (Å²) in [5.74, 6) is 0.349. The summed E-state index contributed by atoms with van der Waals surface area (Å²) in [6.45, 7) is 0. The van der Waals surface area contributed by atoms with Crippen LogP contribution in [-0.2, 0) is 0 Å². The summed E-state index contributed by atoms with van der Waals surface area (Å²) in [5.41, 5.74) is 0.504. The second kappa shape index (κ2) is 5.56. The number of benzene rings is 2. The molecule has 90 valence electrons. The largest absolute Gasteiger partial charge is 0.497 e. The topological polar surface area (TPSA) is 33.0 Å². The minimum atomic E-state index is -0.297. The minimum Gasteiger partial charge on any atom is -0.497 e. The van der Waals surface area contributed by atoms with E-state index in [0.717, 1.165) is 0 Å². The lowest BCUT2D eigenvalue weighted by Gasteiger charge is -2.07. The molecule has 2 rings (SSSR count). The van der Waals surface area contributed by atoms with Gasteiger partial charge in [0.25, 0.3) is 0 Å². The fraction of sp³-hybridized carbons (Fsp3) is 0.0714. The van der Waals surface area contributed by atoms with Crippen LogP contribution >= 0.6 is 11.8 Å². The van der Waals surface area contributed by atoms with Gasteiger partial charge in [0.2, 0.25) is 0 Å². The number of rotatable bonds is 3. The molecule has 0 N–H and O–H groups in total. The summed E-state index contributed by atoms with van der Waals surface area (Å²) in [7, 11) is 1.55. The predicted octanol–water partition coefficient (Wildman–Crippen LogP) is 3.86. The second-order valence-electron chi connectivity index (χ2n) is 3.51. The number of hydrogen-bond donors (Lipinski definition) is 0. The van der Waals surface area contributed by atoms with Gasteiger partial charge < -0.3 is 4.74 Å². The molecule has 0 amide bonds. The lowest BCUT2D eigenvalue weighted by atomic mass is 10.2. The van der Waals surface area contributed by atoms with E-state index in [4.69, 9.17) is 10.00 Å². The molecular formula is C14H10FNOS. The Labute approximate surface area is 109 Å². The van der Waals surface area contributed by atoms with Gasteiger partial charge in [-0.1, -0.05) is 23.9 Å². The molecular weight excluding hydrogens is 249 g/mol. The fourth-order valence-electron chi connectivity index (χ4n) is 1.45. The van der Waals surface area contributed by atoms with Crippen LogP contribution in [0.1, 0.15) is 5.56 Å². The Morgan fingerprint density at radius 1 is 1.17 bits per heavy atom. The zero-order valence-electron chi connectivity index (χ0n) is 9.68. The van der Waals surface area contributed by atoms with E-state index in [1.165, 1.54) is 17.8 Å². The summed E-state index contributed by atoms with van der Waals surface area (Å²) >= 11 is 1.22. The molecule has 0 radical (unpaired) electrons. The Morgan fingerprint density at radius 2 is 1.94 bits per heavy atom. The van der Waals surface area contributed by atoms with Gasteiger partial charge in [-0.2, -0.15) is 5.26 Å². The number of methoxy groups -OCH3 is 1. The molecule has 4 heteroatoms. The first kappa shape index (κ1) is 12.5. The third-order valence-electron chi connectivity index (χ3n) is 2.37. The van der Waals surface area contributed by atoms with Crippen LogP contribution in [0.5, 0.6) is 5.75 Å². The highest BCUT2D eigenvalue weighted by atomic mass is 32.2. The van der Waals surface area contributed by atoms with Crippen LogP contribution in [0, 0.1) is 17.1 Å². The number of halogens is 1. The van der Waals surface area contributed by atoms with Gasteiger partial charge >= 0.3 is 0 Å². The third kappa shape index (κ3) is 2.63. The quantitative estimate of drug-likeness (QED) is 0.839. The monoisotopic (exact) mass is 259 g/mol. The van der Waals surface area contributed by atoms with Crippen LogP contribution in [0.4, 0.5) is 4.39 Å². The van der Waals surface area contributed by atoms with Crippen molar-refractivity contribution in [3.8, 4) is 11.8 Å². The van der Waals surface area contributed by atoms with Crippen LogP contribution in [0.2, 0.25) is 0 Å². The standard InChI is InChI=1S/C14H10FNOS/c1-17-11-7-6-10(9-16)14(8-11)18-13-5-3-2-4-12(13)15/h2-8H,1H3. The molecule has 0 heterocycles. The highest BCUT2D eigenvalue weighted by Gasteiger charge is 2.08. The number of ether oxygens (including phenoxy) is 1. The fourth-order valence-corrected chi connectivity index (χ4v) is 2.40. The normalized spacial score (nSPS) is 9.83. The Kier molecular flexibility index (Phi) is 3.85. The summed E-state index contributed by atoms with van der Waals surface area (Å²) in [4.78, 5) is 1.17. The van der Waals surface area contributed by atoms with Gasteiger partial charge in [0.15, 0.2) is 0 Å². The molecule has 0 aliphatic heterocycles. The van der Waals surface area contributed by atoms with Gasteiger partial charge in [0.05, 0.1) is 12.7 Å². The first-order valence-corrected chi connectivity index (χ1v) is 6.07. The van der Waals surface area contributed by atoms with E-state index in [-0.39, 0.29) is 5.82 Å². The molecule has 0 unspecified atom stereocenters. The van der Waals surface area contributed by atoms with E-state index in [2.05, 4.69) is 6.07 Å². The van der Waals surface area contributed by atoms with E-state index in [9.17, 15) is 4.39 Å². The Hall–Kier alpha value is -1.99. The minimum absolute atomic E-state index is 0.297. The van der Waals surface area contributed by atoms with Crippen molar-refractivity contribution in [2.24, 2.45) is 0 Å². The van der Waals surface area contributed by atoms with Gasteiger partial charge in [0, 0.05) is 9.79 Å². The molecule has 0 aromatic heterocycles. The predicted molar refractivity (Wildman–Crippen MR) is 68.2 cm³/mol. The highest BCUT2D eigenvalue weighted by Crippen LogP contribution is 2.34. The van der Waals surface area contributed by atoms with Crippen LogP contribution in [0.25, 0.3) is 0 Å². The van der Waals surface area contributed by atoms with Crippen molar-refractivity contribution in [2.75, 3.05) is 7.11 Å². The van der Waals surface area contributed by atoms with Crippen molar-refractivity contribution in [3.05, 3.63) is 53.8 Å². The van der Waals surface area contributed by atoms with Crippen molar-refractivity contribution in [2.45, 2.75) is 9.79 Å². The van der Waals surface area contributed by atoms with Crippen molar-refractivity contribution < 1.29 is 9.13 Å².